The van der Waals surface area contributed by atoms with Gasteiger partial charge in [0, 0.05) is 39.8 Å². The van der Waals surface area contributed by atoms with Crippen LogP contribution in [0, 0.1) is 0 Å². The number of carboxylic acid groups (broad SMARTS) is 1. The molecule has 9 amide bonds. The molecule has 0 fully saturated rings. The number of nitrogens with one attached hydrogen (secondary N) is 9. The molecular formula is C68H89N15O15. The Balaban J connectivity index is 1.18. The Bertz CT molecular complexity index is 3770. The Morgan fingerprint density at radius 1 is 0.449 bits per heavy atom. The summed E-state index contributed by atoms with van der Waals surface area (Å²) in [5.41, 5.74) is 36.8. The highest BCUT2D eigenvalue weighted by Gasteiger charge is 2.30. The van der Waals surface area contributed by atoms with Gasteiger partial charge in [-0.25, -0.2) is 4.79 Å². The molecule has 98 heavy (non-hydrogen) atoms. The van der Waals surface area contributed by atoms with Crippen LogP contribution >= 0.6 is 0 Å². The Labute approximate surface area is 566 Å². The number of nitrogens with two attached hydrogens (primary N) is 6. The first-order chi connectivity index (χ1) is 47.1. The molecule has 30 nitrogen and oxygen atoms in total. The van der Waals surface area contributed by atoms with Crippen LogP contribution in [0.15, 0.2) is 103 Å². The molecule has 0 aliphatic rings. The minimum absolute atomic E-state index is 0.00389. The van der Waals surface area contributed by atoms with Crippen molar-refractivity contribution in [1.82, 2.24) is 26.3 Å². The number of methoxy groups -OCH3 is 3. The normalized spacial score (nSPS) is 12.5. The van der Waals surface area contributed by atoms with E-state index >= 15 is 0 Å². The van der Waals surface area contributed by atoms with E-state index in [4.69, 9.17) is 53.3 Å². The van der Waals surface area contributed by atoms with Crippen LogP contribution in [-0.4, -0.2) is 154 Å². The van der Waals surface area contributed by atoms with Crippen LogP contribution in [0.1, 0.15) is 124 Å². The number of aliphatic carboxylic acids is 1. The fourth-order valence-electron chi connectivity index (χ4n) is 10.5. The van der Waals surface area contributed by atoms with Crippen LogP contribution in [0.2, 0.25) is 0 Å². The summed E-state index contributed by atoms with van der Waals surface area (Å²) in [6, 6.07) is 18.4. The molecule has 0 bridgehead atoms. The zero-order chi connectivity index (χ0) is 71.3. The summed E-state index contributed by atoms with van der Waals surface area (Å²) >= 11 is 0. The van der Waals surface area contributed by atoms with Gasteiger partial charge in [-0.3, -0.25) is 43.2 Å². The molecule has 1 aromatic heterocycles. The van der Waals surface area contributed by atoms with E-state index < -0.39 is 96.0 Å². The second-order valence-electron chi connectivity index (χ2n) is 22.9. The molecule has 0 spiro atoms. The first kappa shape index (κ1) is 76.4. The predicted molar refractivity (Wildman–Crippen MR) is 369 cm³/mol. The van der Waals surface area contributed by atoms with E-state index in [1.807, 2.05) is 24.3 Å². The number of benzene rings is 5. The van der Waals surface area contributed by atoms with Crippen molar-refractivity contribution >= 4 is 92.8 Å². The Morgan fingerprint density at radius 2 is 0.796 bits per heavy atom. The fraction of sp³-hybridized carbons (Fsp3) is 0.382. The molecule has 1 heterocycles. The molecule has 0 saturated heterocycles. The number of H-pyrrole nitrogens is 1. The summed E-state index contributed by atoms with van der Waals surface area (Å²) in [4.78, 5) is 140. The van der Waals surface area contributed by atoms with Crippen molar-refractivity contribution in [2.24, 2.45) is 34.4 Å². The first-order valence-corrected chi connectivity index (χ1v) is 32.1. The summed E-state index contributed by atoms with van der Waals surface area (Å²) in [6.07, 6.45) is 6.10. The van der Waals surface area contributed by atoms with E-state index in [-0.39, 0.29) is 120 Å². The van der Waals surface area contributed by atoms with Gasteiger partial charge in [0.1, 0.15) is 47.2 Å². The monoisotopic (exact) mass is 1360 g/mol. The van der Waals surface area contributed by atoms with Crippen molar-refractivity contribution in [2.75, 3.05) is 75.4 Å². The van der Waals surface area contributed by atoms with Gasteiger partial charge in [-0.1, -0.05) is 18.2 Å². The van der Waals surface area contributed by atoms with E-state index in [9.17, 15) is 53.1 Å². The number of aromatic nitrogens is 1. The molecule has 22 N–H and O–H groups in total. The molecule has 5 atom stereocenters. The van der Waals surface area contributed by atoms with Gasteiger partial charge < -0.3 is 106 Å². The third-order valence-corrected chi connectivity index (χ3v) is 15.7. The highest BCUT2D eigenvalue weighted by molar-refractivity contribution is 6.08. The maximum Gasteiger partial charge on any atom is 0.341 e. The summed E-state index contributed by atoms with van der Waals surface area (Å²) in [7, 11) is 4.00. The van der Waals surface area contributed by atoms with Crippen LogP contribution < -0.4 is 95.9 Å². The van der Waals surface area contributed by atoms with E-state index in [0.29, 0.717) is 57.9 Å². The van der Waals surface area contributed by atoms with Crippen LogP contribution in [-0.2, 0) is 35.2 Å². The Kier molecular flexibility index (Phi) is 30.2. The van der Waals surface area contributed by atoms with Crippen molar-refractivity contribution in [3.05, 3.63) is 131 Å². The van der Waals surface area contributed by atoms with E-state index in [1.165, 1.54) is 94.1 Å². The first-order valence-electron chi connectivity index (χ1n) is 32.1. The summed E-state index contributed by atoms with van der Waals surface area (Å²) in [5, 5.41) is 32.3. The maximum absolute atomic E-state index is 14.4. The van der Waals surface area contributed by atoms with Crippen LogP contribution in [0.3, 0.4) is 0 Å². The number of anilines is 4. The molecule has 30 heteroatoms. The van der Waals surface area contributed by atoms with Crippen molar-refractivity contribution < 1.29 is 72.0 Å². The number of hydrogen-bond acceptors (Lipinski definition) is 19. The lowest BCUT2D eigenvalue weighted by Crippen LogP contribution is -2.50. The topological polar surface area (TPSA) is 496 Å². The van der Waals surface area contributed by atoms with Crippen molar-refractivity contribution in [3.8, 4) is 23.0 Å². The van der Waals surface area contributed by atoms with Gasteiger partial charge in [0.2, 0.25) is 29.5 Å². The molecular weight excluding hydrogens is 1270 g/mol. The molecule has 526 valence electrons. The number of carbonyl (C=O) groups is 10. The number of ether oxygens (including phenoxy) is 4. The molecule has 0 aliphatic heterocycles. The number of unbranched alkanes of at least 4 members (excludes halogenated alkanes) is 4. The van der Waals surface area contributed by atoms with E-state index in [2.05, 4.69) is 47.5 Å². The minimum Gasteiger partial charge on any atom is -0.496 e. The molecule has 6 rings (SSSR count). The average molecular weight is 1360 g/mol. The highest BCUT2D eigenvalue weighted by Crippen LogP contribution is 2.29. The Morgan fingerprint density at radius 3 is 1.16 bits per heavy atom. The summed E-state index contributed by atoms with van der Waals surface area (Å²) in [5.74, 6) is -7.87. The number of fused-ring (bicyclic) bond motifs is 1. The number of primary amides is 1. The van der Waals surface area contributed by atoms with Gasteiger partial charge in [-0.15, -0.1) is 0 Å². The van der Waals surface area contributed by atoms with Gasteiger partial charge in [0.25, 0.3) is 23.6 Å². The lowest BCUT2D eigenvalue weighted by Gasteiger charge is -2.22. The molecule has 0 radical (unpaired) electrons. The maximum atomic E-state index is 14.4. The largest absolute Gasteiger partial charge is 0.496 e. The van der Waals surface area contributed by atoms with Crippen molar-refractivity contribution in [3.63, 3.8) is 0 Å². The lowest BCUT2D eigenvalue weighted by atomic mass is 10.0. The van der Waals surface area contributed by atoms with Crippen LogP contribution in [0.4, 0.5) is 22.7 Å². The second-order valence-corrected chi connectivity index (χ2v) is 22.9. The second kappa shape index (κ2) is 38.8. The number of carbonyl (C=O) groups excluding carboxylic acids is 9. The third-order valence-electron chi connectivity index (χ3n) is 15.7. The summed E-state index contributed by atoms with van der Waals surface area (Å²) < 4.78 is 21.8. The third kappa shape index (κ3) is 22.5. The number of rotatable bonds is 41. The highest BCUT2D eigenvalue weighted by atomic mass is 16.5. The fourth-order valence-corrected chi connectivity index (χ4v) is 10.5. The zero-order valence-corrected chi connectivity index (χ0v) is 55.1. The number of aromatic amines is 1. The number of para-hydroxylation sites is 1. The van der Waals surface area contributed by atoms with Gasteiger partial charge in [-0.2, -0.15) is 0 Å². The number of carboxylic acids is 1. The van der Waals surface area contributed by atoms with Gasteiger partial charge >= 0.3 is 5.97 Å². The molecule has 5 aromatic carbocycles. The van der Waals surface area contributed by atoms with Crippen LogP contribution in [0.25, 0.3) is 10.9 Å². The molecule has 0 saturated carbocycles. The average Bonchev–Trinajstić information content (AvgIpc) is 1.32. The lowest BCUT2D eigenvalue weighted by molar-refractivity contribution is -0.139. The van der Waals surface area contributed by atoms with E-state index in [0.717, 1.165) is 16.5 Å². The summed E-state index contributed by atoms with van der Waals surface area (Å²) in [6.45, 7) is 0.307. The molecule has 5 unspecified atom stereocenters. The van der Waals surface area contributed by atoms with Gasteiger partial charge in [0.05, 0.1) is 49.6 Å². The number of amides is 9. The quantitative estimate of drug-likeness (QED) is 0.0244. The predicted octanol–water partition coefficient (Wildman–Crippen LogP) is 3.48. The number of hydrogen-bond donors (Lipinski definition) is 16. The Hall–Kier alpha value is -10.7. The van der Waals surface area contributed by atoms with Crippen molar-refractivity contribution in [2.45, 2.75) is 114 Å². The smallest absolute Gasteiger partial charge is 0.341 e. The molecule has 6 aromatic rings. The van der Waals surface area contributed by atoms with Gasteiger partial charge in [0.15, 0.2) is 6.61 Å². The standard InChI is InChI=1S/C68H89N15O15/c1-95-55-24-20-40(33-45(55)60(74)86)76-65(91)53(18-8-12-30-71)82-63(89)48-36-43(23-27-58(48)98-38-59(84)85)79-67(93)52(17-7-11-29-70)81-61(87)46-34-41(21-25-56(46)96-2)77-66(92)51(16-6-10-28-69)80-62(88)47-35-42(22-26-57(47)97-3)78-68(94)54(19-9-13-31-72)83-64(90)49(73)32-39-37-75-50-15-5-4-14-44(39)50/h4-5,14-15,20-27,33-37,49,51-54,75H,6-13,16-19,28-32,38,69-73H2,1-3H3,(H2,74,86)(H,76,91)(H,77,92)(H,78,94)(H,79,93)(H,80,88)(H,81,87)(H,82,89)(H,83,90)(H,84,85). The zero-order valence-electron chi connectivity index (χ0n) is 55.1. The minimum atomic E-state index is -1.37. The SMILES string of the molecule is COc1ccc(NC(=O)C(CCCCN)NC(=O)c2cc(NC(=O)C(CCCCN)NC(=O)c3cc(NC(=O)C(CCCCN)NC(=O)c4cc(NC(=O)C(CCCCN)NC(=O)C(N)Cc5c[nH]c6ccccc56)ccc4OC)ccc3OC)ccc2OCC(=O)O)cc1C(N)=O. The van der Waals surface area contributed by atoms with E-state index in [1.54, 1.807) is 6.20 Å². The van der Waals surface area contributed by atoms with Crippen molar-refractivity contribution in [1.29, 1.82) is 0 Å². The van der Waals surface area contributed by atoms with Gasteiger partial charge in [-0.05, 0) is 194 Å². The molecule has 0 aliphatic carbocycles. The van der Waals surface area contributed by atoms with Crippen LogP contribution in [0.5, 0.6) is 23.0 Å².